The first-order valence-electron chi connectivity index (χ1n) is 10.7. The summed E-state index contributed by atoms with van der Waals surface area (Å²) in [5.41, 5.74) is 1.44. The summed E-state index contributed by atoms with van der Waals surface area (Å²) >= 11 is 6.09. The first-order chi connectivity index (χ1) is 15.3. The third-order valence-electron chi connectivity index (χ3n) is 5.44. The van der Waals surface area contributed by atoms with Gasteiger partial charge in [0.05, 0.1) is 16.9 Å². The number of likely N-dealkylation sites (N-methyl/N-ethyl adjacent to an activating group) is 1. The molecule has 7 nitrogen and oxygen atoms in total. The van der Waals surface area contributed by atoms with Crippen LogP contribution in [-0.2, 0) is 13.1 Å². The number of aromatic nitrogens is 2. The minimum atomic E-state index is -0.404. The van der Waals surface area contributed by atoms with Gasteiger partial charge in [-0.1, -0.05) is 41.9 Å². The molecule has 8 heteroatoms. The summed E-state index contributed by atoms with van der Waals surface area (Å²) in [5.74, 6) is 0.556. The fraction of sp³-hybridized carbons (Fsp3) is 0.375. The minimum Gasteiger partial charge on any atom is -0.334 e. The van der Waals surface area contributed by atoms with E-state index in [0.717, 1.165) is 5.56 Å². The molecular formula is C24H30ClN5O2. The molecule has 0 bridgehead atoms. The van der Waals surface area contributed by atoms with Crippen molar-refractivity contribution in [1.29, 1.82) is 0 Å². The molecule has 2 aromatic carbocycles. The molecule has 3 aromatic rings. The van der Waals surface area contributed by atoms with Gasteiger partial charge in [0, 0.05) is 31.2 Å². The third-order valence-corrected chi connectivity index (χ3v) is 5.67. The number of halogens is 1. The van der Waals surface area contributed by atoms with Crippen molar-refractivity contribution in [2.24, 2.45) is 0 Å². The SMILES string of the molecule is CCn1c(C(C)N(CCN(C)C)C(=O)NCc2ccccc2)nc2ccc(Cl)cc2c1=O. The van der Waals surface area contributed by atoms with Crippen LogP contribution in [0.2, 0.25) is 5.02 Å². The van der Waals surface area contributed by atoms with Crippen molar-refractivity contribution in [1.82, 2.24) is 24.7 Å². The number of fused-ring (bicyclic) bond motifs is 1. The van der Waals surface area contributed by atoms with Crippen molar-refractivity contribution >= 4 is 28.5 Å². The standard InChI is InChI=1S/C24H30ClN5O2/c1-5-29-22(27-21-12-11-19(25)15-20(21)23(29)31)17(2)30(14-13-28(3)4)24(32)26-16-18-9-7-6-8-10-18/h6-12,15,17H,5,13-14,16H2,1-4H3,(H,26,32). The number of amides is 2. The van der Waals surface area contributed by atoms with Crippen LogP contribution in [0.25, 0.3) is 10.9 Å². The molecule has 0 fully saturated rings. The van der Waals surface area contributed by atoms with Gasteiger partial charge in [-0.2, -0.15) is 0 Å². The van der Waals surface area contributed by atoms with Crippen molar-refractivity contribution in [3.05, 3.63) is 75.3 Å². The first kappa shape index (κ1) is 23.8. The highest BCUT2D eigenvalue weighted by Crippen LogP contribution is 2.22. The summed E-state index contributed by atoms with van der Waals surface area (Å²) in [6.45, 7) is 5.86. The van der Waals surface area contributed by atoms with Gasteiger partial charge >= 0.3 is 6.03 Å². The molecule has 1 atom stereocenters. The number of nitrogens with one attached hydrogen (secondary N) is 1. The molecule has 2 amide bonds. The van der Waals surface area contributed by atoms with Crippen molar-refractivity contribution in [3.63, 3.8) is 0 Å². The Bertz CT molecular complexity index is 1130. The Labute approximate surface area is 193 Å². The van der Waals surface area contributed by atoms with Crippen LogP contribution < -0.4 is 10.9 Å². The lowest BCUT2D eigenvalue weighted by Crippen LogP contribution is -2.45. The maximum Gasteiger partial charge on any atom is 0.318 e. The second-order valence-electron chi connectivity index (χ2n) is 8.00. The van der Waals surface area contributed by atoms with Gasteiger partial charge in [-0.25, -0.2) is 9.78 Å². The van der Waals surface area contributed by atoms with E-state index in [1.165, 1.54) is 0 Å². The van der Waals surface area contributed by atoms with Crippen LogP contribution in [0.3, 0.4) is 0 Å². The van der Waals surface area contributed by atoms with Crippen molar-refractivity contribution in [2.75, 3.05) is 27.2 Å². The highest BCUT2D eigenvalue weighted by atomic mass is 35.5. The molecule has 0 radical (unpaired) electrons. The third kappa shape index (κ3) is 5.47. The lowest BCUT2D eigenvalue weighted by atomic mass is 10.2. The highest BCUT2D eigenvalue weighted by Gasteiger charge is 2.26. The maximum absolute atomic E-state index is 13.2. The first-order valence-corrected chi connectivity index (χ1v) is 11.1. The number of carbonyl (C=O) groups is 1. The van der Waals surface area contributed by atoms with Gasteiger partial charge in [-0.3, -0.25) is 9.36 Å². The lowest BCUT2D eigenvalue weighted by molar-refractivity contribution is 0.167. The molecule has 1 unspecified atom stereocenters. The summed E-state index contributed by atoms with van der Waals surface area (Å²) in [7, 11) is 3.93. The quantitative estimate of drug-likeness (QED) is 0.559. The molecule has 0 aliphatic heterocycles. The van der Waals surface area contributed by atoms with E-state index in [4.69, 9.17) is 16.6 Å². The van der Waals surface area contributed by atoms with E-state index in [2.05, 4.69) is 5.32 Å². The molecule has 3 rings (SSSR count). The number of nitrogens with zero attached hydrogens (tertiary/aromatic N) is 4. The van der Waals surface area contributed by atoms with Gasteiger partial charge in [0.15, 0.2) is 0 Å². The molecular weight excluding hydrogens is 426 g/mol. The topological polar surface area (TPSA) is 70.5 Å². The molecule has 1 heterocycles. The second-order valence-corrected chi connectivity index (χ2v) is 8.43. The zero-order chi connectivity index (χ0) is 23.3. The van der Waals surface area contributed by atoms with Gasteiger partial charge < -0.3 is 15.1 Å². The Kier molecular flexibility index (Phi) is 7.88. The Hall–Kier alpha value is -2.90. The van der Waals surface area contributed by atoms with E-state index >= 15 is 0 Å². The molecule has 0 saturated heterocycles. The number of hydrogen-bond acceptors (Lipinski definition) is 4. The number of benzene rings is 2. The average molecular weight is 456 g/mol. The molecule has 0 spiro atoms. The minimum absolute atomic E-state index is 0.154. The normalized spacial score (nSPS) is 12.2. The molecule has 0 aliphatic rings. The summed E-state index contributed by atoms with van der Waals surface area (Å²) < 4.78 is 1.62. The van der Waals surface area contributed by atoms with Crippen LogP contribution in [0.5, 0.6) is 0 Å². The largest absolute Gasteiger partial charge is 0.334 e. The Balaban J connectivity index is 1.95. The van der Waals surface area contributed by atoms with Crippen molar-refractivity contribution < 1.29 is 4.79 Å². The van der Waals surface area contributed by atoms with Crippen LogP contribution >= 0.6 is 11.6 Å². The van der Waals surface area contributed by atoms with E-state index < -0.39 is 6.04 Å². The predicted octanol–water partition coefficient (Wildman–Crippen LogP) is 3.90. The Morgan fingerprint density at radius 2 is 1.88 bits per heavy atom. The summed E-state index contributed by atoms with van der Waals surface area (Å²) in [4.78, 5) is 34.9. The average Bonchev–Trinajstić information content (AvgIpc) is 2.78. The van der Waals surface area contributed by atoms with Gasteiger partial charge in [-0.05, 0) is 51.7 Å². The molecule has 0 saturated carbocycles. The van der Waals surface area contributed by atoms with Crippen LogP contribution in [-0.4, -0.2) is 52.6 Å². The smallest absolute Gasteiger partial charge is 0.318 e. The fourth-order valence-electron chi connectivity index (χ4n) is 3.63. The summed E-state index contributed by atoms with van der Waals surface area (Å²) in [5, 5.41) is 3.97. The summed E-state index contributed by atoms with van der Waals surface area (Å²) in [6.07, 6.45) is 0. The van der Waals surface area contributed by atoms with E-state index in [9.17, 15) is 9.59 Å². The van der Waals surface area contributed by atoms with Gasteiger partial charge in [0.25, 0.3) is 5.56 Å². The van der Waals surface area contributed by atoms with Crippen molar-refractivity contribution in [2.45, 2.75) is 33.0 Å². The monoisotopic (exact) mass is 455 g/mol. The van der Waals surface area contributed by atoms with E-state index in [1.807, 2.05) is 63.2 Å². The number of urea groups is 1. The van der Waals surface area contributed by atoms with Gasteiger partial charge in [0.1, 0.15) is 5.82 Å². The van der Waals surface area contributed by atoms with Crippen LogP contribution in [0, 0.1) is 0 Å². The number of carbonyl (C=O) groups excluding carboxylic acids is 1. The van der Waals surface area contributed by atoms with Gasteiger partial charge in [-0.15, -0.1) is 0 Å². The number of hydrogen-bond donors (Lipinski definition) is 1. The van der Waals surface area contributed by atoms with Crippen molar-refractivity contribution in [3.8, 4) is 0 Å². The molecule has 1 aromatic heterocycles. The second kappa shape index (κ2) is 10.6. The maximum atomic E-state index is 13.2. The molecule has 1 N–H and O–H groups in total. The zero-order valence-corrected chi connectivity index (χ0v) is 19.8. The predicted molar refractivity (Wildman–Crippen MR) is 129 cm³/mol. The molecule has 170 valence electrons. The Morgan fingerprint density at radius 3 is 2.53 bits per heavy atom. The fourth-order valence-corrected chi connectivity index (χ4v) is 3.80. The van der Waals surface area contributed by atoms with Crippen LogP contribution in [0.1, 0.15) is 31.3 Å². The van der Waals surface area contributed by atoms with E-state index in [1.54, 1.807) is 27.7 Å². The van der Waals surface area contributed by atoms with Gasteiger partial charge in [0.2, 0.25) is 0 Å². The molecule has 0 aliphatic carbocycles. The highest BCUT2D eigenvalue weighted by molar-refractivity contribution is 6.31. The summed E-state index contributed by atoms with van der Waals surface area (Å²) in [6, 6.07) is 14.3. The van der Waals surface area contributed by atoms with Crippen LogP contribution in [0.4, 0.5) is 4.79 Å². The van der Waals surface area contributed by atoms with E-state index in [-0.39, 0.29) is 11.6 Å². The van der Waals surface area contributed by atoms with E-state index in [0.29, 0.717) is 47.9 Å². The molecule has 32 heavy (non-hydrogen) atoms. The zero-order valence-electron chi connectivity index (χ0n) is 19.0. The van der Waals surface area contributed by atoms with Crippen LogP contribution in [0.15, 0.2) is 53.3 Å². The Morgan fingerprint density at radius 1 is 1.16 bits per heavy atom. The lowest BCUT2D eigenvalue weighted by Gasteiger charge is -2.31. The number of rotatable bonds is 8.